The van der Waals surface area contributed by atoms with Crippen LogP contribution in [-0.2, 0) is 14.3 Å². The average Bonchev–Trinajstić information content (AvgIpc) is 3.17. The van der Waals surface area contributed by atoms with E-state index in [-0.39, 0.29) is 57.1 Å². The molecule has 234 valence electrons. The highest BCUT2D eigenvalue weighted by Crippen LogP contribution is 2.89. The van der Waals surface area contributed by atoms with Crippen LogP contribution in [0, 0.1) is 50.2 Å². The van der Waals surface area contributed by atoms with E-state index < -0.39 is 28.8 Å². The summed E-state index contributed by atoms with van der Waals surface area (Å²) >= 11 is 0. The molecule has 0 unspecified atom stereocenters. The first-order valence-corrected chi connectivity index (χ1v) is 16.6. The fraction of sp³-hybridized carbons (Fsp3) is 0.971. The van der Waals surface area contributed by atoms with Crippen molar-refractivity contribution in [2.75, 3.05) is 0 Å². The Kier molecular flexibility index (Phi) is 6.30. The van der Waals surface area contributed by atoms with E-state index in [4.69, 9.17) is 9.47 Å². The summed E-state index contributed by atoms with van der Waals surface area (Å²) in [7, 11) is 0. The molecule has 6 rings (SSSR count). The van der Waals surface area contributed by atoms with Gasteiger partial charge in [0.2, 0.25) is 0 Å². The molecule has 12 atom stereocenters. The van der Waals surface area contributed by atoms with Crippen molar-refractivity contribution in [3.8, 4) is 0 Å². The molecule has 6 heteroatoms. The number of aliphatic hydroxyl groups is 3. The zero-order valence-corrected chi connectivity index (χ0v) is 27.5. The number of hydrogen-bond acceptors (Lipinski definition) is 6. The highest BCUT2D eigenvalue weighted by Gasteiger charge is 2.85. The third kappa shape index (κ3) is 3.78. The lowest BCUT2D eigenvalue weighted by molar-refractivity contribution is -0.220. The van der Waals surface area contributed by atoms with E-state index in [1.54, 1.807) is 0 Å². The van der Waals surface area contributed by atoms with Crippen LogP contribution in [0.1, 0.15) is 127 Å². The highest BCUT2D eigenvalue weighted by molar-refractivity contribution is 5.75. The Morgan fingerprint density at radius 1 is 0.829 bits per heavy atom. The Bertz CT molecular complexity index is 1100. The molecule has 0 bridgehead atoms. The van der Waals surface area contributed by atoms with Crippen LogP contribution in [0.2, 0.25) is 0 Å². The maximum atomic E-state index is 12.9. The highest BCUT2D eigenvalue weighted by atomic mass is 16.5. The van der Waals surface area contributed by atoms with Gasteiger partial charge in [-0.1, -0.05) is 27.7 Å². The normalized spacial score (nSPS) is 54.0. The molecule has 5 saturated carbocycles. The van der Waals surface area contributed by atoms with Gasteiger partial charge >= 0.3 is 5.97 Å². The van der Waals surface area contributed by atoms with Crippen LogP contribution in [0.15, 0.2) is 0 Å². The van der Waals surface area contributed by atoms with Crippen LogP contribution in [0.25, 0.3) is 0 Å². The molecule has 6 aliphatic rings. The first-order valence-electron chi connectivity index (χ1n) is 16.6. The smallest absolute Gasteiger partial charge is 0.311 e. The lowest BCUT2D eigenvalue weighted by atomic mass is 9.41. The van der Waals surface area contributed by atoms with Gasteiger partial charge in [-0.3, -0.25) is 4.79 Å². The maximum absolute atomic E-state index is 12.9. The summed E-state index contributed by atoms with van der Waals surface area (Å²) in [5, 5.41) is 34.7. The number of fused-ring (bicyclic) bond motifs is 2. The molecule has 0 amide bonds. The van der Waals surface area contributed by atoms with E-state index in [0.717, 1.165) is 57.8 Å². The first-order chi connectivity index (χ1) is 18.6. The van der Waals surface area contributed by atoms with Crippen molar-refractivity contribution < 1.29 is 29.6 Å². The molecule has 3 N–H and O–H groups in total. The third-order valence-corrected chi connectivity index (χ3v) is 14.6. The second-order valence-electron chi connectivity index (χ2n) is 18.5. The monoisotopic (exact) mass is 574 g/mol. The summed E-state index contributed by atoms with van der Waals surface area (Å²) in [5.74, 6) is 0.301. The maximum Gasteiger partial charge on any atom is 0.311 e. The predicted molar refractivity (Wildman–Crippen MR) is 158 cm³/mol. The summed E-state index contributed by atoms with van der Waals surface area (Å²) in [6, 6.07) is 0. The van der Waals surface area contributed by atoms with Crippen LogP contribution in [0.3, 0.4) is 0 Å². The minimum Gasteiger partial charge on any atom is -0.461 e. The van der Waals surface area contributed by atoms with Crippen LogP contribution in [0.5, 0.6) is 0 Å². The summed E-state index contributed by atoms with van der Waals surface area (Å²) in [4.78, 5) is 12.9. The molecule has 6 fully saturated rings. The SMILES string of the molecule is CC(C)(C)C(=O)O[C@H]1CC[C@]23C[C@]24CC[C@]2(C)[C@@H]([C@@]5(C)CC[C@@H](C(C)(C)O)O5)[C@@H](O)C[C@@]2(C)[C@@H]4C[C@H](O)[C@H]3C1(C)C. The quantitative estimate of drug-likeness (QED) is 0.356. The molecule has 41 heavy (non-hydrogen) atoms. The van der Waals surface area contributed by atoms with Crippen molar-refractivity contribution in [1.29, 1.82) is 0 Å². The van der Waals surface area contributed by atoms with Gasteiger partial charge in [0.25, 0.3) is 0 Å². The van der Waals surface area contributed by atoms with Crippen molar-refractivity contribution in [2.24, 2.45) is 50.2 Å². The molecule has 0 aromatic rings. The van der Waals surface area contributed by atoms with Crippen molar-refractivity contribution >= 4 is 5.97 Å². The molecule has 0 aromatic heterocycles. The van der Waals surface area contributed by atoms with E-state index >= 15 is 0 Å². The summed E-state index contributed by atoms with van der Waals surface area (Å²) in [6.07, 6.45) is 7.04. The predicted octanol–water partition coefficient (Wildman–Crippen LogP) is 6.03. The molecule has 0 radical (unpaired) electrons. The van der Waals surface area contributed by atoms with Gasteiger partial charge in [0.15, 0.2) is 0 Å². The number of carbonyl (C=O) groups is 1. The molecule has 2 spiro atoms. The zero-order valence-electron chi connectivity index (χ0n) is 27.5. The Hall–Kier alpha value is -0.690. The molecule has 1 saturated heterocycles. The Morgan fingerprint density at radius 2 is 1.49 bits per heavy atom. The van der Waals surface area contributed by atoms with E-state index in [1.807, 2.05) is 34.6 Å². The number of aliphatic hydroxyl groups excluding tert-OH is 2. The standard InChI is InChI=1S/C35H58O6/c1-28(2,3)27(38)40-23-12-14-35-19-34(35)16-15-31(8)26(33(10)13-11-24(41-33)30(6,7)39)21(37)18-32(31,9)22(34)17-20(36)25(35)29(23,4)5/h20-26,36-37,39H,11-19H2,1-10H3/t20-,21-,22-,23-,24-,25-,26-,31+,32-,33+,34-,35+/m0/s1. The number of esters is 1. The van der Waals surface area contributed by atoms with Gasteiger partial charge < -0.3 is 24.8 Å². The molecule has 6 nitrogen and oxygen atoms in total. The van der Waals surface area contributed by atoms with Crippen molar-refractivity contribution in [2.45, 2.75) is 163 Å². The largest absolute Gasteiger partial charge is 0.461 e. The van der Waals surface area contributed by atoms with E-state index in [1.165, 1.54) is 0 Å². The Balaban J connectivity index is 1.31. The van der Waals surface area contributed by atoms with Crippen LogP contribution < -0.4 is 0 Å². The fourth-order valence-corrected chi connectivity index (χ4v) is 12.6. The van der Waals surface area contributed by atoms with Gasteiger partial charge in [-0.2, -0.15) is 0 Å². The summed E-state index contributed by atoms with van der Waals surface area (Å²) in [5.41, 5.74) is -2.19. The van der Waals surface area contributed by atoms with Crippen LogP contribution >= 0.6 is 0 Å². The van der Waals surface area contributed by atoms with Crippen LogP contribution in [-0.4, -0.2) is 56.9 Å². The second-order valence-corrected chi connectivity index (χ2v) is 18.5. The minimum atomic E-state index is -0.905. The lowest BCUT2D eigenvalue weighted by Crippen LogP contribution is -2.62. The summed E-state index contributed by atoms with van der Waals surface area (Å²) < 4.78 is 12.9. The van der Waals surface area contributed by atoms with Gasteiger partial charge in [-0.05, 0) is 133 Å². The van der Waals surface area contributed by atoms with Gasteiger partial charge in [-0.25, -0.2) is 0 Å². The zero-order chi connectivity index (χ0) is 30.4. The number of hydrogen-bond donors (Lipinski definition) is 3. The minimum absolute atomic E-state index is 0.00162. The molecule has 5 aliphatic carbocycles. The molecule has 1 aliphatic heterocycles. The van der Waals surface area contributed by atoms with Gasteiger partial charge in [-0.15, -0.1) is 0 Å². The first kappa shape index (κ1) is 30.3. The Labute approximate surface area is 248 Å². The number of carbonyl (C=O) groups excluding carboxylic acids is 1. The molecular weight excluding hydrogens is 516 g/mol. The fourth-order valence-electron chi connectivity index (χ4n) is 12.6. The lowest BCUT2D eigenvalue weighted by Gasteiger charge is -2.64. The van der Waals surface area contributed by atoms with Crippen LogP contribution in [0.4, 0.5) is 0 Å². The van der Waals surface area contributed by atoms with Crippen molar-refractivity contribution in [3.63, 3.8) is 0 Å². The Morgan fingerprint density at radius 3 is 2.07 bits per heavy atom. The van der Waals surface area contributed by atoms with E-state index in [9.17, 15) is 20.1 Å². The van der Waals surface area contributed by atoms with Crippen molar-refractivity contribution in [3.05, 3.63) is 0 Å². The molecule has 1 heterocycles. The summed E-state index contributed by atoms with van der Waals surface area (Å²) in [6.45, 7) is 20.9. The van der Waals surface area contributed by atoms with Gasteiger partial charge in [0.1, 0.15) is 6.10 Å². The second kappa shape index (κ2) is 8.52. The molecular formula is C35H58O6. The van der Waals surface area contributed by atoms with E-state index in [2.05, 4.69) is 34.6 Å². The third-order valence-electron chi connectivity index (χ3n) is 14.6. The van der Waals surface area contributed by atoms with E-state index in [0.29, 0.717) is 5.92 Å². The number of rotatable bonds is 3. The van der Waals surface area contributed by atoms with Gasteiger partial charge in [0, 0.05) is 11.3 Å². The van der Waals surface area contributed by atoms with Gasteiger partial charge in [0.05, 0.1) is 34.9 Å². The molecule has 0 aromatic carbocycles. The topological polar surface area (TPSA) is 96.2 Å². The number of ether oxygens (including phenoxy) is 2. The van der Waals surface area contributed by atoms with Crippen molar-refractivity contribution in [1.82, 2.24) is 0 Å². The average molecular weight is 575 g/mol.